The molecule has 0 aromatic heterocycles. The van der Waals surface area contributed by atoms with Crippen LogP contribution in [0.25, 0.3) is 0 Å². The van der Waals surface area contributed by atoms with Crippen molar-refractivity contribution >= 4 is 23.3 Å². The molecule has 1 aliphatic rings. The summed E-state index contributed by atoms with van der Waals surface area (Å²) >= 11 is 0. The summed E-state index contributed by atoms with van der Waals surface area (Å²) in [7, 11) is 0. The summed E-state index contributed by atoms with van der Waals surface area (Å²) in [5, 5.41) is 5.70. The molecule has 2 N–H and O–H groups in total. The number of aryl methyl sites for hydroxylation is 1. The number of carbonyl (C=O) groups excluding carboxylic acids is 2. The molecule has 0 spiro atoms. The molecule has 23 heavy (non-hydrogen) atoms. The third-order valence-corrected chi connectivity index (χ3v) is 3.91. The molecule has 3 amide bonds. The zero-order valence-corrected chi connectivity index (χ0v) is 13.0. The maximum Gasteiger partial charge on any atom is 0.321 e. The molecule has 0 aliphatic carbocycles. The Hall–Kier alpha value is -2.82. The first-order chi connectivity index (χ1) is 11.1. The van der Waals surface area contributed by atoms with E-state index >= 15 is 0 Å². The van der Waals surface area contributed by atoms with Gasteiger partial charge in [-0.15, -0.1) is 0 Å². The normalized spacial score (nSPS) is 14.3. The van der Waals surface area contributed by atoms with Crippen molar-refractivity contribution in [3.63, 3.8) is 0 Å². The molecular weight excluding hydrogens is 290 g/mol. The monoisotopic (exact) mass is 309 g/mol. The summed E-state index contributed by atoms with van der Waals surface area (Å²) < 4.78 is 0. The van der Waals surface area contributed by atoms with E-state index in [1.807, 2.05) is 49.4 Å². The first kappa shape index (κ1) is 15.1. The van der Waals surface area contributed by atoms with Crippen molar-refractivity contribution in [2.75, 3.05) is 23.3 Å². The fraction of sp³-hybridized carbons (Fsp3) is 0.222. The van der Waals surface area contributed by atoms with Crippen LogP contribution in [0.4, 0.5) is 16.2 Å². The molecule has 0 atom stereocenters. The van der Waals surface area contributed by atoms with E-state index in [0.717, 1.165) is 24.2 Å². The van der Waals surface area contributed by atoms with Gasteiger partial charge in [0.25, 0.3) is 5.91 Å². The molecular formula is C18H19N3O2. The van der Waals surface area contributed by atoms with Gasteiger partial charge in [-0.3, -0.25) is 9.69 Å². The van der Waals surface area contributed by atoms with Gasteiger partial charge in [0.1, 0.15) is 0 Å². The molecule has 2 aromatic rings. The average Bonchev–Trinajstić information content (AvgIpc) is 2.56. The van der Waals surface area contributed by atoms with Crippen molar-refractivity contribution in [3.05, 3.63) is 59.7 Å². The van der Waals surface area contributed by atoms with Crippen LogP contribution in [0.3, 0.4) is 0 Å². The van der Waals surface area contributed by atoms with Gasteiger partial charge >= 0.3 is 6.03 Å². The highest BCUT2D eigenvalue weighted by Gasteiger charge is 2.19. The van der Waals surface area contributed by atoms with Crippen LogP contribution in [0.15, 0.2) is 48.5 Å². The number of nitrogens with zero attached hydrogens (tertiary/aromatic N) is 1. The lowest BCUT2D eigenvalue weighted by Gasteiger charge is -2.27. The van der Waals surface area contributed by atoms with E-state index in [2.05, 4.69) is 10.6 Å². The Balaban J connectivity index is 1.71. The van der Waals surface area contributed by atoms with Crippen LogP contribution < -0.4 is 15.5 Å². The quantitative estimate of drug-likeness (QED) is 0.915. The second-order valence-electron chi connectivity index (χ2n) is 5.55. The molecule has 0 bridgehead atoms. The fourth-order valence-electron chi connectivity index (χ4n) is 2.63. The molecule has 0 radical (unpaired) electrons. The lowest BCUT2D eigenvalue weighted by Crippen LogP contribution is -2.46. The van der Waals surface area contributed by atoms with Crippen LogP contribution in [-0.4, -0.2) is 25.0 Å². The minimum atomic E-state index is -0.133. The van der Waals surface area contributed by atoms with Gasteiger partial charge in [-0.05, 0) is 49.2 Å². The van der Waals surface area contributed by atoms with Crippen LogP contribution in [0, 0.1) is 6.92 Å². The minimum absolute atomic E-state index is 0.0760. The lowest BCUT2D eigenvalue weighted by atomic mass is 10.1. The topological polar surface area (TPSA) is 61.4 Å². The number of anilines is 2. The molecule has 0 unspecified atom stereocenters. The molecule has 2 aromatic carbocycles. The number of benzene rings is 2. The number of carbonyl (C=O) groups is 2. The highest BCUT2D eigenvalue weighted by atomic mass is 16.2. The van der Waals surface area contributed by atoms with Crippen molar-refractivity contribution in [1.29, 1.82) is 0 Å². The second kappa shape index (κ2) is 6.52. The molecule has 1 aliphatic heterocycles. The Morgan fingerprint density at radius 1 is 1.13 bits per heavy atom. The summed E-state index contributed by atoms with van der Waals surface area (Å²) in [6.07, 6.45) is 0.928. The summed E-state index contributed by atoms with van der Waals surface area (Å²) in [4.78, 5) is 25.8. The van der Waals surface area contributed by atoms with Crippen molar-refractivity contribution < 1.29 is 9.59 Å². The van der Waals surface area contributed by atoms with Crippen LogP contribution in [0.2, 0.25) is 0 Å². The average molecular weight is 309 g/mol. The van der Waals surface area contributed by atoms with Gasteiger partial charge in [-0.25, -0.2) is 4.79 Å². The Morgan fingerprint density at radius 2 is 1.87 bits per heavy atom. The van der Waals surface area contributed by atoms with Gasteiger partial charge in [0, 0.05) is 30.0 Å². The maximum absolute atomic E-state index is 12.3. The zero-order valence-electron chi connectivity index (χ0n) is 13.0. The van der Waals surface area contributed by atoms with Crippen LogP contribution in [0.5, 0.6) is 0 Å². The number of amides is 3. The predicted molar refractivity (Wildman–Crippen MR) is 90.9 cm³/mol. The molecule has 5 heteroatoms. The minimum Gasteiger partial charge on any atom is -0.338 e. The SMILES string of the molecule is Cc1ccccc1C(=O)Nc1ccc(N2CCCNC2=O)cc1. The van der Waals surface area contributed by atoms with E-state index in [4.69, 9.17) is 0 Å². The van der Waals surface area contributed by atoms with Gasteiger partial charge < -0.3 is 10.6 Å². The number of hydrogen-bond donors (Lipinski definition) is 2. The summed E-state index contributed by atoms with van der Waals surface area (Å²) in [6, 6.07) is 14.7. The van der Waals surface area contributed by atoms with Gasteiger partial charge in [-0.1, -0.05) is 18.2 Å². The molecule has 5 nitrogen and oxygen atoms in total. The van der Waals surface area contributed by atoms with E-state index in [-0.39, 0.29) is 11.9 Å². The molecule has 3 rings (SSSR count). The standard InChI is InChI=1S/C18H19N3O2/c1-13-5-2-3-6-16(13)17(22)20-14-7-9-15(10-8-14)21-12-4-11-19-18(21)23/h2-3,5-10H,4,11-12H2,1H3,(H,19,23)(H,20,22). The third-order valence-electron chi connectivity index (χ3n) is 3.91. The largest absolute Gasteiger partial charge is 0.338 e. The van der Waals surface area contributed by atoms with Crippen molar-refractivity contribution in [3.8, 4) is 0 Å². The predicted octanol–water partition coefficient (Wildman–Crippen LogP) is 3.17. The van der Waals surface area contributed by atoms with Crippen LogP contribution in [0.1, 0.15) is 22.3 Å². The molecule has 1 heterocycles. The van der Waals surface area contributed by atoms with Crippen molar-refractivity contribution in [2.45, 2.75) is 13.3 Å². The smallest absolute Gasteiger partial charge is 0.321 e. The van der Waals surface area contributed by atoms with E-state index in [9.17, 15) is 9.59 Å². The summed E-state index contributed by atoms with van der Waals surface area (Å²) in [6.45, 7) is 3.34. The Morgan fingerprint density at radius 3 is 2.57 bits per heavy atom. The second-order valence-corrected chi connectivity index (χ2v) is 5.55. The van der Waals surface area contributed by atoms with E-state index in [1.165, 1.54) is 0 Å². The van der Waals surface area contributed by atoms with Gasteiger partial charge in [-0.2, -0.15) is 0 Å². The highest BCUT2D eigenvalue weighted by molar-refractivity contribution is 6.05. The lowest BCUT2D eigenvalue weighted by molar-refractivity contribution is 0.102. The van der Waals surface area contributed by atoms with E-state index in [1.54, 1.807) is 11.0 Å². The van der Waals surface area contributed by atoms with E-state index in [0.29, 0.717) is 17.8 Å². The van der Waals surface area contributed by atoms with Gasteiger partial charge in [0.15, 0.2) is 0 Å². The van der Waals surface area contributed by atoms with Gasteiger partial charge in [0.2, 0.25) is 0 Å². The van der Waals surface area contributed by atoms with Crippen molar-refractivity contribution in [1.82, 2.24) is 5.32 Å². The van der Waals surface area contributed by atoms with Gasteiger partial charge in [0.05, 0.1) is 0 Å². The van der Waals surface area contributed by atoms with Crippen LogP contribution >= 0.6 is 0 Å². The maximum atomic E-state index is 12.3. The zero-order chi connectivity index (χ0) is 16.2. The number of hydrogen-bond acceptors (Lipinski definition) is 2. The molecule has 118 valence electrons. The number of nitrogens with one attached hydrogen (secondary N) is 2. The molecule has 1 fully saturated rings. The van der Waals surface area contributed by atoms with Crippen LogP contribution in [-0.2, 0) is 0 Å². The fourth-order valence-corrected chi connectivity index (χ4v) is 2.63. The number of urea groups is 1. The Bertz CT molecular complexity index is 725. The summed E-state index contributed by atoms with van der Waals surface area (Å²) in [5.74, 6) is -0.133. The Labute approximate surface area is 135 Å². The molecule has 0 saturated carbocycles. The molecule has 1 saturated heterocycles. The first-order valence-corrected chi connectivity index (χ1v) is 7.67. The number of rotatable bonds is 3. The Kier molecular flexibility index (Phi) is 4.28. The third kappa shape index (κ3) is 3.34. The van der Waals surface area contributed by atoms with E-state index < -0.39 is 0 Å². The highest BCUT2D eigenvalue weighted by Crippen LogP contribution is 2.20. The van der Waals surface area contributed by atoms with Crippen molar-refractivity contribution in [2.24, 2.45) is 0 Å². The first-order valence-electron chi connectivity index (χ1n) is 7.67. The summed E-state index contributed by atoms with van der Waals surface area (Å²) in [5.41, 5.74) is 3.13.